The number of benzene rings is 1. The van der Waals surface area contributed by atoms with Gasteiger partial charge in [0.15, 0.2) is 6.10 Å². The topological polar surface area (TPSA) is 57.5 Å². The van der Waals surface area contributed by atoms with E-state index in [9.17, 15) is 14.3 Å². The Bertz CT molecular complexity index is 520. The molecule has 2 aromatic rings. The third-order valence-corrected chi connectivity index (χ3v) is 3.18. The average molecular weight is 226 g/mol. The molecule has 1 aromatic heterocycles. The molecule has 0 aliphatic rings. The first-order chi connectivity index (χ1) is 7.09. The van der Waals surface area contributed by atoms with E-state index in [2.05, 4.69) is 0 Å². The lowest BCUT2D eigenvalue weighted by Crippen LogP contribution is -2.08. The number of aliphatic hydroxyl groups is 1. The standard InChI is InChI=1S/C10H7FO3S/c11-6-2-1-3-7-5(6)4-8(15-7)9(12)10(13)14/h1-4,9,12H,(H,13,14). The van der Waals surface area contributed by atoms with Gasteiger partial charge in [-0.3, -0.25) is 0 Å². The minimum atomic E-state index is -1.58. The molecule has 0 aliphatic carbocycles. The van der Waals surface area contributed by atoms with E-state index in [0.29, 0.717) is 10.1 Å². The van der Waals surface area contributed by atoms with Gasteiger partial charge in [-0.15, -0.1) is 11.3 Å². The maximum Gasteiger partial charge on any atom is 0.338 e. The van der Waals surface area contributed by atoms with Crippen LogP contribution in [-0.4, -0.2) is 16.2 Å². The minimum Gasteiger partial charge on any atom is -0.479 e. The van der Waals surface area contributed by atoms with E-state index in [1.807, 2.05) is 0 Å². The Kier molecular flexibility index (Phi) is 2.42. The maximum atomic E-state index is 13.2. The fourth-order valence-corrected chi connectivity index (χ4v) is 2.36. The Balaban J connectivity index is 2.56. The molecule has 0 radical (unpaired) electrons. The first-order valence-corrected chi connectivity index (χ1v) is 5.00. The molecule has 5 heteroatoms. The molecule has 2 rings (SSSR count). The molecule has 0 saturated carbocycles. The molecule has 1 aromatic carbocycles. The summed E-state index contributed by atoms with van der Waals surface area (Å²) in [5.41, 5.74) is 0. The Morgan fingerprint density at radius 3 is 2.80 bits per heavy atom. The van der Waals surface area contributed by atoms with Crippen LogP contribution >= 0.6 is 11.3 Å². The van der Waals surface area contributed by atoms with Gasteiger partial charge in [-0.2, -0.15) is 0 Å². The van der Waals surface area contributed by atoms with E-state index in [1.165, 1.54) is 12.1 Å². The van der Waals surface area contributed by atoms with Gasteiger partial charge in [0.1, 0.15) is 5.82 Å². The number of aliphatic carboxylic acids is 1. The molecule has 0 amide bonds. The number of carboxylic acid groups (broad SMARTS) is 1. The summed E-state index contributed by atoms with van der Waals surface area (Å²) in [6.45, 7) is 0. The van der Waals surface area contributed by atoms with Crippen LogP contribution in [-0.2, 0) is 4.79 Å². The summed E-state index contributed by atoms with van der Waals surface area (Å²) in [4.78, 5) is 10.8. The predicted molar refractivity (Wildman–Crippen MR) is 54.4 cm³/mol. The molecule has 1 atom stereocenters. The number of aliphatic hydroxyl groups excluding tert-OH is 1. The van der Waals surface area contributed by atoms with E-state index in [-0.39, 0.29) is 4.88 Å². The summed E-state index contributed by atoms with van der Waals surface area (Å²) < 4.78 is 13.9. The molecule has 0 saturated heterocycles. The van der Waals surface area contributed by atoms with E-state index >= 15 is 0 Å². The molecule has 15 heavy (non-hydrogen) atoms. The van der Waals surface area contributed by atoms with Crippen molar-refractivity contribution in [1.29, 1.82) is 0 Å². The summed E-state index contributed by atoms with van der Waals surface area (Å²) in [5, 5.41) is 18.2. The highest BCUT2D eigenvalue weighted by Crippen LogP contribution is 2.31. The number of thiophene rings is 1. The summed E-state index contributed by atoms with van der Waals surface area (Å²) in [6.07, 6.45) is -1.58. The molecule has 0 fully saturated rings. The zero-order chi connectivity index (χ0) is 11.0. The molecule has 2 N–H and O–H groups in total. The van der Waals surface area contributed by atoms with Crippen LogP contribution in [0.5, 0.6) is 0 Å². The number of hydrogen-bond donors (Lipinski definition) is 2. The normalized spacial score (nSPS) is 12.9. The van der Waals surface area contributed by atoms with E-state index in [0.717, 1.165) is 11.3 Å². The van der Waals surface area contributed by atoms with Crippen molar-refractivity contribution < 1.29 is 19.4 Å². The van der Waals surface area contributed by atoms with Gasteiger partial charge >= 0.3 is 5.97 Å². The Labute approximate surface area is 88.4 Å². The molecular weight excluding hydrogens is 219 g/mol. The van der Waals surface area contributed by atoms with Crippen molar-refractivity contribution in [3.8, 4) is 0 Å². The lowest BCUT2D eigenvalue weighted by Gasteiger charge is -1.99. The molecule has 0 spiro atoms. The van der Waals surface area contributed by atoms with Gasteiger partial charge < -0.3 is 10.2 Å². The highest BCUT2D eigenvalue weighted by atomic mass is 32.1. The van der Waals surface area contributed by atoms with Crippen molar-refractivity contribution in [3.63, 3.8) is 0 Å². The lowest BCUT2D eigenvalue weighted by molar-refractivity contribution is -0.146. The predicted octanol–water partition coefficient (Wildman–Crippen LogP) is 2.16. The fraction of sp³-hybridized carbons (Fsp3) is 0.100. The van der Waals surface area contributed by atoms with Gasteiger partial charge in [-0.1, -0.05) is 6.07 Å². The smallest absolute Gasteiger partial charge is 0.338 e. The number of hydrogen-bond acceptors (Lipinski definition) is 3. The summed E-state index contributed by atoms with van der Waals surface area (Å²) in [5.74, 6) is -1.74. The highest BCUT2D eigenvalue weighted by Gasteiger charge is 2.19. The van der Waals surface area contributed by atoms with Gasteiger partial charge in [-0.05, 0) is 18.2 Å². The fourth-order valence-electron chi connectivity index (χ4n) is 1.30. The Hall–Kier alpha value is -1.46. The van der Waals surface area contributed by atoms with Crippen molar-refractivity contribution in [1.82, 2.24) is 0 Å². The number of fused-ring (bicyclic) bond motifs is 1. The molecule has 1 heterocycles. The van der Waals surface area contributed by atoms with Crippen molar-refractivity contribution >= 4 is 27.4 Å². The number of halogens is 1. The van der Waals surface area contributed by atoms with E-state index in [1.54, 1.807) is 12.1 Å². The van der Waals surface area contributed by atoms with Crippen molar-refractivity contribution in [2.75, 3.05) is 0 Å². The van der Waals surface area contributed by atoms with Gasteiger partial charge in [0, 0.05) is 15.0 Å². The molecule has 0 aliphatic heterocycles. The van der Waals surface area contributed by atoms with Crippen LogP contribution in [0.25, 0.3) is 10.1 Å². The maximum absolute atomic E-state index is 13.2. The second-order valence-corrected chi connectivity index (χ2v) is 4.16. The molecule has 78 valence electrons. The summed E-state index contributed by atoms with van der Waals surface area (Å²) >= 11 is 1.08. The third-order valence-electron chi connectivity index (χ3n) is 2.03. The van der Waals surface area contributed by atoms with Crippen LogP contribution < -0.4 is 0 Å². The molecular formula is C10H7FO3S. The number of carbonyl (C=O) groups is 1. The van der Waals surface area contributed by atoms with Crippen molar-refractivity contribution in [2.45, 2.75) is 6.10 Å². The van der Waals surface area contributed by atoms with Gasteiger partial charge in [-0.25, -0.2) is 9.18 Å². The minimum absolute atomic E-state index is 0.239. The van der Waals surface area contributed by atoms with E-state index in [4.69, 9.17) is 5.11 Å². The van der Waals surface area contributed by atoms with Crippen LogP contribution in [0.2, 0.25) is 0 Å². The van der Waals surface area contributed by atoms with Crippen molar-refractivity contribution in [3.05, 3.63) is 35.0 Å². The van der Waals surface area contributed by atoms with Crippen LogP contribution in [0.1, 0.15) is 11.0 Å². The second-order valence-electron chi connectivity index (χ2n) is 3.04. The van der Waals surface area contributed by atoms with Gasteiger partial charge in [0.2, 0.25) is 0 Å². The second kappa shape index (κ2) is 3.60. The molecule has 3 nitrogen and oxygen atoms in total. The quantitative estimate of drug-likeness (QED) is 0.825. The Morgan fingerprint density at radius 2 is 2.20 bits per heavy atom. The van der Waals surface area contributed by atoms with Crippen LogP contribution in [0, 0.1) is 5.82 Å². The average Bonchev–Trinajstić information content (AvgIpc) is 2.61. The Morgan fingerprint density at radius 1 is 1.47 bits per heavy atom. The zero-order valence-corrected chi connectivity index (χ0v) is 8.29. The third kappa shape index (κ3) is 1.71. The van der Waals surface area contributed by atoms with Gasteiger partial charge in [0.25, 0.3) is 0 Å². The van der Waals surface area contributed by atoms with E-state index < -0.39 is 17.9 Å². The number of carboxylic acids is 1. The first-order valence-electron chi connectivity index (χ1n) is 4.18. The monoisotopic (exact) mass is 226 g/mol. The largest absolute Gasteiger partial charge is 0.479 e. The highest BCUT2D eigenvalue weighted by molar-refractivity contribution is 7.19. The van der Waals surface area contributed by atoms with Crippen LogP contribution in [0.4, 0.5) is 4.39 Å². The molecule has 0 bridgehead atoms. The first kappa shape index (κ1) is 10.1. The number of rotatable bonds is 2. The summed E-state index contributed by atoms with van der Waals surface area (Å²) in [6, 6.07) is 5.90. The van der Waals surface area contributed by atoms with Crippen molar-refractivity contribution in [2.24, 2.45) is 0 Å². The molecule has 1 unspecified atom stereocenters. The van der Waals surface area contributed by atoms with Gasteiger partial charge in [0.05, 0.1) is 0 Å². The van der Waals surface area contributed by atoms with Crippen LogP contribution in [0.15, 0.2) is 24.3 Å². The zero-order valence-electron chi connectivity index (χ0n) is 7.48. The SMILES string of the molecule is O=C(O)C(O)c1cc2c(F)cccc2s1. The summed E-state index contributed by atoms with van der Waals surface area (Å²) in [7, 11) is 0. The van der Waals surface area contributed by atoms with Crippen LogP contribution in [0.3, 0.4) is 0 Å². The lowest BCUT2D eigenvalue weighted by atomic mass is 10.2.